The molecule has 0 aliphatic carbocycles. The number of carbonyl (C=O) groups excluding carboxylic acids is 1. The van der Waals surface area contributed by atoms with Crippen LogP contribution in [0, 0.1) is 0 Å². The highest BCUT2D eigenvalue weighted by molar-refractivity contribution is 6.34. The molecule has 0 aliphatic heterocycles. The average molecular weight is 380 g/mol. The van der Waals surface area contributed by atoms with E-state index in [4.69, 9.17) is 20.8 Å². The lowest BCUT2D eigenvalue weighted by atomic mass is 10.1. The van der Waals surface area contributed by atoms with Gasteiger partial charge in [-0.3, -0.25) is 9.78 Å². The molecule has 2 heterocycles. The minimum Gasteiger partial charge on any atom is -0.497 e. The number of rotatable bonds is 4. The van der Waals surface area contributed by atoms with Crippen LogP contribution in [-0.4, -0.2) is 23.0 Å². The number of hydrogen-bond acceptors (Lipinski definition) is 5. The minimum atomic E-state index is -0.297. The van der Waals surface area contributed by atoms with Gasteiger partial charge in [0.05, 0.1) is 24.0 Å². The van der Waals surface area contributed by atoms with Crippen LogP contribution in [0.4, 0.5) is 5.69 Å². The quantitative estimate of drug-likeness (QED) is 0.551. The van der Waals surface area contributed by atoms with Gasteiger partial charge in [0, 0.05) is 23.4 Å². The lowest BCUT2D eigenvalue weighted by Gasteiger charge is -2.09. The Morgan fingerprint density at radius 3 is 2.89 bits per heavy atom. The molecule has 0 saturated heterocycles. The van der Waals surface area contributed by atoms with Crippen LogP contribution in [-0.2, 0) is 0 Å². The fraction of sp³-hybridized carbons (Fsp3) is 0.0500. The smallest absolute Gasteiger partial charge is 0.255 e. The van der Waals surface area contributed by atoms with Crippen molar-refractivity contribution >= 4 is 34.3 Å². The fourth-order valence-electron chi connectivity index (χ4n) is 2.62. The Kier molecular flexibility index (Phi) is 4.48. The molecule has 7 heteroatoms. The SMILES string of the molecule is COc1cccc(C(=O)Nc2cc(-c3nc4cnccc4o3)ccc2Cl)c1. The zero-order valence-corrected chi connectivity index (χ0v) is 15.0. The Morgan fingerprint density at radius 2 is 2.07 bits per heavy atom. The van der Waals surface area contributed by atoms with E-state index in [2.05, 4.69) is 15.3 Å². The van der Waals surface area contributed by atoms with Crippen molar-refractivity contribution in [1.82, 2.24) is 9.97 Å². The Hall–Kier alpha value is -3.38. The molecule has 1 amide bonds. The van der Waals surface area contributed by atoms with Gasteiger partial charge in [-0.1, -0.05) is 17.7 Å². The zero-order valence-electron chi connectivity index (χ0n) is 14.3. The normalized spacial score (nSPS) is 10.7. The summed E-state index contributed by atoms with van der Waals surface area (Å²) in [4.78, 5) is 21.0. The molecule has 4 rings (SSSR count). The number of oxazole rings is 1. The average Bonchev–Trinajstić information content (AvgIpc) is 3.14. The van der Waals surface area contributed by atoms with Gasteiger partial charge in [-0.25, -0.2) is 4.98 Å². The van der Waals surface area contributed by atoms with E-state index in [9.17, 15) is 4.79 Å². The van der Waals surface area contributed by atoms with Gasteiger partial charge in [-0.15, -0.1) is 0 Å². The molecule has 27 heavy (non-hydrogen) atoms. The number of hydrogen-bond donors (Lipinski definition) is 1. The number of fused-ring (bicyclic) bond motifs is 1. The highest BCUT2D eigenvalue weighted by Crippen LogP contribution is 2.30. The number of amides is 1. The number of ether oxygens (including phenoxy) is 1. The Balaban J connectivity index is 1.65. The van der Waals surface area contributed by atoms with Crippen molar-refractivity contribution in [3.8, 4) is 17.2 Å². The molecule has 0 atom stereocenters. The van der Waals surface area contributed by atoms with Crippen LogP contribution in [0.1, 0.15) is 10.4 Å². The first-order valence-corrected chi connectivity index (χ1v) is 8.48. The molecular formula is C20H14ClN3O3. The molecule has 0 bridgehead atoms. The molecule has 1 N–H and O–H groups in total. The van der Waals surface area contributed by atoms with E-state index >= 15 is 0 Å². The summed E-state index contributed by atoms with van der Waals surface area (Å²) in [6.07, 6.45) is 3.27. The van der Waals surface area contributed by atoms with Crippen molar-refractivity contribution < 1.29 is 13.9 Å². The zero-order chi connectivity index (χ0) is 18.8. The molecule has 0 radical (unpaired) electrons. The van der Waals surface area contributed by atoms with Gasteiger partial charge in [0.2, 0.25) is 5.89 Å². The van der Waals surface area contributed by atoms with E-state index in [1.807, 2.05) is 0 Å². The summed E-state index contributed by atoms with van der Waals surface area (Å²) < 4.78 is 10.9. The second kappa shape index (κ2) is 7.09. The topological polar surface area (TPSA) is 77.2 Å². The summed E-state index contributed by atoms with van der Waals surface area (Å²) in [7, 11) is 1.55. The van der Waals surface area contributed by atoms with Crippen molar-refractivity contribution in [2.45, 2.75) is 0 Å². The van der Waals surface area contributed by atoms with Crippen LogP contribution in [0.5, 0.6) is 5.75 Å². The third-order valence-electron chi connectivity index (χ3n) is 3.98. The Labute approximate surface area is 159 Å². The van der Waals surface area contributed by atoms with Crippen LogP contribution < -0.4 is 10.1 Å². The molecule has 134 valence electrons. The number of halogens is 1. The van der Waals surface area contributed by atoms with Crippen LogP contribution in [0.2, 0.25) is 5.02 Å². The molecule has 0 aliphatic rings. The van der Waals surface area contributed by atoms with E-state index in [0.717, 1.165) is 0 Å². The third kappa shape index (κ3) is 3.47. The first-order valence-electron chi connectivity index (χ1n) is 8.10. The third-order valence-corrected chi connectivity index (χ3v) is 4.31. The van der Waals surface area contributed by atoms with Gasteiger partial charge in [-0.2, -0.15) is 0 Å². The number of nitrogens with one attached hydrogen (secondary N) is 1. The molecular weight excluding hydrogens is 366 g/mol. The number of carbonyl (C=O) groups is 1. The van der Waals surface area contributed by atoms with Crippen molar-refractivity contribution in [3.05, 3.63) is 71.5 Å². The summed E-state index contributed by atoms with van der Waals surface area (Å²) in [6.45, 7) is 0. The number of aromatic nitrogens is 2. The minimum absolute atomic E-state index is 0.297. The summed E-state index contributed by atoms with van der Waals surface area (Å²) in [5.41, 5.74) is 2.91. The first kappa shape index (κ1) is 17.1. The monoisotopic (exact) mass is 379 g/mol. The number of benzene rings is 2. The van der Waals surface area contributed by atoms with Crippen LogP contribution >= 0.6 is 11.6 Å². The van der Waals surface area contributed by atoms with E-state index in [0.29, 0.717) is 44.6 Å². The molecule has 0 saturated carbocycles. The molecule has 0 spiro atoms. The summed E-state index contributed by atoms with van der Waals surface area (Å²) in [5, 5.41) is 3.22. The van der Waals surface area contributed by atoms with Gasteiger partial charge in [0.1, 0.15) is 11.3 Å². The van der Waals surface area contributed by atoms with Gasteiger partial charge in [0.15, 0.2) is 5.58 Å². The Morgan fingerprint density at radius 1 is 1.19 bits per heavy atom. The van der Waals surface area contributed by atoms with Crippen LogP contribution in [0.15, 0.2) is 65.3 Å². The molecule has 6 nitrogen and oxygen atoms in total. The van der Waals surface area contributed by atoms with E-state index in [-0.39, 0.29) is 5.91 Å². The highest BCUT2D eigenvalue weighted by atomic mass is 35.5. The number of nitrogens with zero attached hydrogens (tertiary/aromatic N) is 2. The maximum absolute atomic E-state index is 12.6. The predicted molar refractivity (Wildman–Crippen MR) is 103 cm³/mol. The largest absolute Gasteiger partial charge is 0.497 e. The van der Waals surface area contributed by atoms with Gasteiger partial charge < -0.3 is 14.5 Å². The maximum Gasteiger partial charge on any atom is 0.255 e. The van der Waals surface area contributed by atoms with E-state index < -0.39 is 0 Å². The van der Waals surface area contributed by atoms with Crippen LogP contribution in [0.25, 0.3) is 22.6 Å². The standard InChI is InChI=1S/C20H14ClN3O3/c1-26-14-4-2-3-12(9-14)19(25)23-16-10-13(5-6-15(16)21)20-24-17-11-22-8-7-18(17)27-20/h2-11H,1H3,(H,23,25). The molecule has 4 aromatic rings. The van der Waals surface area contributed by atoms with Gasteiger partial charge >= 0.3 is 0 Å². The van der Waals surface area contributed by atoms with Gasteiger partial charge in [-0.05, 0) is 36.4 Å². The fourth-order valence-corrected chi connectivity index (χ4v) is 2.78. The number of anilines is 1. The second-order valence-corrected chi connectivity index (χ2v) is 6.15. The van der Waals surface area contributed by atoms with Gasteiger partial charge in [0.25, 0.3) is 5.91 Å². The van der Waals surface area contributed by atoms with Crippen molar-refractivity contribution in [3.63, 3.8) is 0 Å². The lowest BCUT2D eigenvalue weighted by molar-refractivity contribution is 0.102. The van der Waals surface area contributed by atoms with E-state index in [1.54, 1.807) is 68.0 Å². The highest BCUT2D eigenvalue weighted by Gasteiger charge is 2.13. The van der Waals surface area contributed by atoms with Crippen molar-refractivity contribution in [2.75, 3.05) is 12.4 Å². The summed E-state index contributed by atoms with van der Waals surface area (Å²) in [6, 6.07) is 13.8. The summed E-state index contributed by atoms with van der Waals surface area (Å²) >= 11 is 6.25. The van der Waals surface area contributed by atoms with Crippen molar-refractivity contribution in [2.24, 2.45) is 0 Å². The molecule has 0 unspecified atom stereocenters. The Bertz CT molecular complexity index is 1110. The maximum atomic E-state index is 12.6. The first-order chi connectivity index (χ1) is 13.1. The lowest BCUT2D eigenvalue weighted by Crippen LogP contribution is -2.12. The van der Waals surface area contributed by atoms with Crippen LogP contribution in [0.3, 0.4) is 0 Å². The predicted octanol–water partition coefficient (Wildman–Crippen LogP) is 4.80. The number of methoxy groups -OCH3 is 1. The molecule has 2 aromatic carbocycles. The summed E-state index contributed by atoms with van der Waals surface area (Å²) in [5.74, 6) is 0.726. The number of pyridine rings is 1. The van der Waals surface area contributed by atoms with E-state index in [1.165, 1.54) is 0 Å². The molecule has 2 aromatic heterocycles. The molecule has 0 fully saturated rings. The second-order valence-electron chi connectivity index (χ2n) is 5.74. The van der Waals surface area contributed by atoms with Crippen molar-refractivity contribution in [1.29, 1.82) is 0 Å².